The van der Waals surface area contributed by atoms with Crippen molar-refractivity contribution in [2.24, 2.45) is 5.92 Å². The third-order valence-corrected chi connectivity index (χ3v) is 7.26. The van der Waals surface area contributed by atoms with Gasteiger partial charge in [0.1, 0.15) is 6.29 Å². The molecule has 1 aromatic carbocycles. The average Bonchev–Trinajstić information content (AvgIpc) is 3.07. The zero-order chi connectivity index (χ0) is 21.1. The molecule has 0 radical (unpaired) electrons. The Morgan fingerprint density at radius 3 is 2.63 bits per heavy atom. The standard InChI is InChI=1S/C24H33N3O3/c1-25-23(29)8-6-21(16-28)27-15-20-13-19(5-7-22(20)24(27)30)18-9-11-26(12-10-18)14-17-3-2-4-17/h5,7,13,16-18,21H,2-4,6,8-12,14-15H2,1H3,(H,25,29). The molecule has 1 N–H and O–H groups in total. The van der Waals surface area contributed by atoms with Crippen LogP contribution in [0.15, 0.2) is 18.2 Å². The highest BCUT2D eigenvalue weighted by atomic mass is 16.2. The van der Waals surface area contributed by atoms with Crippen LogP contribution in [0.2, 0.25) is 0 Å². The third-order valence-electron chi connectivity index (χ3n) is 7.26. The van der Waals surface area contributed by atoms with Gasteiger partial charge in [0.15, 0.2) is 0 Å². The number of carbonyl (C=O) groups is 3. The van der Waals surface area contributed by atoms with Gasteiger partial charge in [-0.3, -0.25) is 9.59 Å². The summed E-state index contributed by atoms with van der Waals surface area (Å²) in [5, 5.41) is 2.57. The predicted octanol–water partition coefficient (Wildman–Crippen LogP) is 2.72. The van der Waals surface area contributed by atoms with Crippen molar-refractivity contribution in [1.29, 1.82) is 0 Å². The monoisotopic (exact) mass is 411 g/mol. The average molecular weight is 412 g/mol. The van der Waals surface area contributed by atoms with Crippen molar-refractivity contribution >= 4 is 18.1 Å². The largest absolute Gasteiger partial charge is 0.359 e. The van der Waals surface area contributed by atoms with Gasteiger partial charge in [0, 0.05) is 32.1 Å². The van der Waals surface area contributed by atoms with Crippen molar-refractivity contribution in [3.05, 3.63) is 34.9 Å². The summed E-state index contributed by atoms with van der Waals surface area (Å²) in [6.45, 7) is 4.05. The molecule has 1 saturated heterocycles. The number of aldehydes is 1. The van der Waals surface area contributed by atoms with Crippen LogP contribution in [-0.4, -0.2) is 60.6 Å². The Labute approximate surface area is 179 Å². The van der Waals surface area contributed by atoms with Gasteiger partial charge < -0.3 is 19.9 Å². The summed E-state index contributed by atoms with van der Waals surface area (Å²) in [4.78, 5) is 40.2. The summed E-state index contributed by atoms with van der Waals surface area (Å²) < 4.78 is 0. The van der Waals surface area contributed by atoms with E-state index < -0.39 is 6.04 Å². The fraction of sp³-hybridized carbons (Fsp3) is 0.625. The Balaban J connectivity index is 1.37. The number of nitrogens with zero attached hydrogens (tertiary/aromatic N) is 2. The number of fused-ring (bicyclic) bond motifs is 1. The smallest absolute Gasteiger partial charge is 0.255 e. The van der Waals surface area contributed by atoms with Gasteiger partial charge in [-0.15, -0.1) is 0 Å². The highest BCUT2D eigenvalue weighted by Crippen LogP contribution is 2.34. The molecule has 6 nitrogen and oxygen atoms in total. The summed E-state index contributed by atoms with van der Waals surface area (Å²) in [5.41, 5.74) is 3.04. The van der Waals surface area contributed by atoms with Crippen LogP contribution in [0.5, 0.6) is 0 Å². The second-order valence-electron chi connectivity index (χ2n) is 9.14. The maximum Gasteiger partial charge on any atom is 0.255 e. The van der Waals surface area contributed by atoms with Crippen LogP contribution in [-0.2, 0) is 16.1 Å². The van der Waals surface area contributed by atoms with Crippen molar-refractivity contribution in [3.8, 4) is 0 Å². The van der Waals surface area contributed by atoms with Gasteiger partial charge in [-0.25, -0.2) is 0 Å². The minimum Gasteiger partial charge on any atom is -0.359 e. The van der Waals surface area contributed by atoms with E-state index in [9.17, 15) is 14.4 Å². The summed E-state index contributed by atoms with van der Waals surface area (Å²) in [7, 11) is 1.58. The van der Waals surface area contributed by atoms with Crippen molar-refractivity contribution in [2.45, 2.75) is 63.5 Å². The van der Waals surface area contributed by atoms with Crippen molar-refractivity contribution < 1.29 is 14.4 Å². The van der Waals surface area contributed by atoms with Crippen LogP contribution in [0.25, 0.3) is 0 Å². The molecule has 1 saturated carbocycles. The molecule has 2 aliphatic heterocycles. The third kappa shape index (κ3) is 4.43. The fourth-order valence-electron chi connectivity index (χ4n) is 5.08. The molecule has 2 amide bonds. The molecule has 30 heavy (non-hydrogen) atoms. The van der Waals surface area contributed by atoms with Gasteiger partial charge in [-0.1, -0.05) is 18.6 Å². The summed E-state index contributed by atoms with van der Waals surface area (Å²) >= 11 is 0. The quantitative estimate of drug-likeness (QED) is 0.668. The maximum atomic E-state index is 12.8. The van der Waals surface area contributed by atoms with Crippen LogP contribution in [0, 0.1) is 5.92 Å². The van der Waals surface area contributed by atoms with E-state index in [0.717, 1.165) is 30.9 Å². The maximum absolute atomic E-state index is 12.8. The lowest BCUT2D eigenvalue weighted by Crippen LogP contribution is -2.38. The van der Waals surface area contributed by atoms with E-state index in [-0.39, 0.29) is 18.2 Å². The normalized spacial score (nSPS) is 21.2. The number of hydrogen-bond donors (Lipinski definition) is 1. The first kappa shape index (κ1) is 21.0. The zero-order valence-corrected chi connectivity index (χ0v) is 17.9. The highest BCUT2D eigenvalue weighted by Gasteiger charge is 2.33. The van der Waals surface area contributed by atoms with Crippen molar-refractivity contribution in [2.75, 3.05) is 26.7 Å². The molecule has 0 aromatic heterocycles. The minimum atomic E-state index is -0.555. The Kier molecular flexibility index (Phi) is 6.52. The first-order valence-electron chi connectivity index (χ1n) is 11.4. The van der Waals surface area contributed by atoms with Gasteiger partial charge in [0.25, 0.3) is 5.91 Å². The molecule has 1 aliphatic carbocycles. The molecule has 0 bridgehead atoms. The number of nitrogens with one attached hydrogen (secondary N) is 1. The van der Waals surface area contributed by atoms with Crippen LogP contribution in [0.4, 0.5) is 0 Å². The van der Waals surface area contributed by atoms with Crippen LogP contribution in [0.1, 0.15) is 72.3 Å². The molecule has 4 rings (SSSR count). The lowest BCUT2D eigenvalue weighted by Gasteiger charge is -2.37. The van der Waals surface area contributed by atoms with Gasteiger partial charge >= 0.3 is 0 Å². The zero-order valence-electron chi connectivity index (χ0n) is 17.9. The Hall–Kier alpha value is -2.21. The number of likely N-dealkylation sites (tertiary alicyclic amines) is 1. The molecule has 0 spiro atoms. The molecule has 1 aromatic rings. The Morgan fingerprint density at radius 1 is 1.23 bits per heavy atom. The molecule has 1 unspecified atom stereocenters. The number of carbonyl (C=O) groups excluding carboxylic acids is 3. The van der Waals surface area contributed by atoms with Crippen molar-refractivity contribution in [3.63, 3.8) is 0 Å². The van der Waals surface area contributed by atoms with Crippen LogP contribution < -0.4 is 5.32 Å². The number of piperidine rings is 1. The Bertz CT molecular complexity index is 797. The second kappa shape index (κ2) is 9.29. The van der Waals surface area contributed by atoms with E-state index >= 15 is 0 Å². The molecule has 2 heterocycles. The van der Waals surface area contributed by atoms with Gasteiger partial charge in [0.05, 0.1) is 6.04 Å². The lowest BCUT2D eigenvalue weighted by molar-refractivity contribution is -0.121. The van der Waals surface area contributed by atoms with Gasteiger partial charge in [0.2, 0.25) is 5.91 Å². The van der Waals surface area contributed by atoms with Crippen LogP contribution in [0.3, 0.4) is 0 Å². The molecule has 1 atom stereocenters. The van der Waals surface area contributed by atoms with Gasteiger partial charge in [-0.2, -0.15) is 0 Å². The van der Waals surface area contributed by atoms with E-state index in [0.29, 0.717) is 24.4 Å². The fourth-order valence-corrected chi connectivity index (χ4v) is 5.08. The van der Waals surface area contributed by atoms with E-state index in [1.807, 2.05) is 6.07 Å². The minimum absolute atomic E-state index is 0.0964. The molecular weight excluding hydrogens is 378 g/mol. The van der Waals surface area contributed by atoms with Crippen LogP contribution >= 0.6 is 0 Å². The topological polar surface area (TPSA) is 69.7 Å². The Morgan fingerprint density at radius 2 is 2.00 bits per heavy atom. The summed E-state index contributed by atoms with van der Waals surface area (Å²) in [5.74, 6) is 1.26. The summed E-state index contributed by atoms with van der Waals surface area (Å²) in [6.07, 6.45) is 7.95. The van der Waals surface area contributed by atoms with E-state index in [2.05, 4.69) is 22.3 Å². The van der Waals surface area contributed by atoms with E-state index in [1.54, 1.807) is 11.9 Å². The molecule has 2 fully saturated rings. The van der Waals surface area contributed by atoms with Crippen molar-refractivity contribution in [1.82, 2.24) is 15.1 Å². The number of amides is 2. The number of benzene rings is 1. The molecule has 6 heteroatoms. The molecule has 3 aliphatic rings. The lowest BCUT2D eigenvalue weighted by atomic mass is 9.83. The highest BCUT2D eigenvalue weighted by molar-refractivity contribution is 5.99. The summed E-state index contributed by atoms with van der Waals surface area (Å²) in [6, 6.07) is 5.67. The predicted molar refractivity (Wildman–Crippen MR) is 115 cm³/mol. The first-order valence-corrected chi connectivity index (χ1v) is 11.4. The molecular formula is C24H33N3O3. The SMILES string of the molecule is CNC(=O)CCC(C=O)N1Cc2cc(C3CCN(CC4CCC4)CC3)ccc2C1=O. The van der Waals surface area contributed by atoms with Gasteiger partial charge in [-0.05, 0) is 74.2 Å². The first-order chi connectivity index (χ1) is 14.6. The van der Waals surface area contributed by atoms with E-state index in [1.165, 1.54) is 44.2 Å². The number of rotatable bonds is 8. The van der Waals surface area contributed by atoms with E-state index in [4.69, 9.17) is 0 Å². The number of hydrogen-bond acceptors (Lipinski definition) is 4. The molecule has 162 valence electrons. The second-order valence-corrected chi connectivity index (χ2v) is 9.14.